The minimum absolute atomic E-state index is 0.181. The van der Waals surface area contributed by atoms with Crippen LogP contribution in [0.15, 0.2) is 78.9 Å². The molecule has 0 spiro atoms. The number of ether oxygens (including phenoxy) is 1. The summed E-state index contributed by atoms with van der Waals surface area (Å²) in [4.78, 5) is 25.0. The maximum absolute atomic E-state index is 13.1. The number of fused-ring (bicyclic) bond motifs is 1. The second-order valence-electron chi connectivity index (χ2n) is 8.51. The van der Waals surface area contributed by atoms with E-state index in [1.165, 1.54) is 0 Å². The van der Waals surface area contributed by atoms with Gasteiger partial charge in [0.25, 0.3) is 0 Å². The van der Waals surface area contributed by atoms with Crippen LogP contribution in [0.5, 0.6) is 5.75 Å². The van der Waals surface area contributed by atoms with Crippen molar-refractivity contribution < 1.29 is 24.6 Å². The van der Waals surface area contributed by atoms with Crippen LogP contribution in [0.4, 0.5) is 0 Å². The Labute approximate surface area is 198 Å². The largest absolute Gasteiger partial charge is 0.489 e. The number of nitrogens with one attached hydrogen (secondary N) is 2. The van der Waals surface area contributed by atoms with Crippen LogP contribution in [0.1, 0.15) is 34.7 Å². The van der Waals surface area contributed by atoms with E-state index < -0.39 is 24.0 Å². The lowest BCUT2D eigenvalue weighted by Gasteiger charge is -2.22. The summed E-state index contributed by atoms with van der Waals surface area (Å²) in [5.74, 6) is -1.01. The van der Waals surface area contributed by atoms with E-state index in [0.717, 1.165) is 22.3 Å². The van der Waals surface area contributed by atoms with Crippen LogP contribution in [0.25, 0.3) is 0 Å². The van der Waals surface area contributed by atoms with Crippen molar-refractivity contribution in [1.29, 1.82) is 0 Å². The molecule has 34 heavy (non-hydrogen) atoms. The first-order valence-electron chi connectivity index (χ1n) is 11.3. The van der Waals surface area contributed by atoms with Gasteiger partial charge >= 0.3 is 0 Å². The molecule has 4 N–H and O–H groups in total. The van der Waals surface area contributed by atoms with Crippen molar-refractivity contribution in [1.82, 2.24) is 10.8 Å². The third-order valence-electron chi connectivity index (χ3n) is 6.08. The summed E-state index contributed by atoms with van der Waals surface area (Å²) < 4.78 is 5.81. The van der Waals surface area contributed by atoms with E-state index in [1.54, 1.807) is 5.48 Å². The van der Waals surface area contributed by atoms with Gasteiger partial charge in [-0.25, -0.2) is 5.48 Å². The van der Waals surface area contributed by atoms with E-state index in [9.17, 15) is 14.7 Å². The fraction of sp³-hybridized carbons (Fsp3) is 0.259. The number of aliphatic hydroxyl groups is 1. The van der Waals surface area contributed by atoms with Gasteiger partial charge in [0.1, 0.15) is 12.4 Å². The number of aliphatic hydroxyl groups excluding tert-OH is 1. The third kappa shape index (κ3) is 5.81. The molecular weight excluding hydrogens is 432 g/mol. The zero-order chi connectivity index (χ0) is 23.9. The molecule has 7 heteroatoms. The van der Waals surface area contributed by atoms with Gasteiger partial charge in [-0.05, 0) is 40.8 Å². The minimum atomic E-state index is -0.727. The van der Waals surface area contributed by atoms with Crippen LogP contribution in [-0.2, 0) is 29.0 Å². The molecule has 0 heterocycles. The number of hydroxylamine groups is 1. The highest BCUT2D eigenvalue weighted by molar-refractivity contribution is 5.86. The van der Waals surface area contributed by atoms with Gasteiger partial charge in [0.2, 0.25) is 11.8 Å². The maximum atomic E-state index is 13.1. The van der Waals surface area contributed by atoms with E-state index in [1.807, 2.05) is 78.9 Å². The van der Waals surface area contributed by atoms with E-state index in [-0.39, 0.29) is 12.3 Å². The summed E-state index contributed by atoms with van der Waals surface area (Å²) in [5.41, 5.74) is 5.40. The van der Waals surface area contributed by atoms with Crippen LogP contribution < -0.4 is 15.5 Å². The highest BCUT2D eigenvalue weighted by Crippen LogP contribution is 2.31. The molecule has 0 aromatic heterocycles. The number of rotatable bonds is 9. The minimum Gasteiger partial charge on any atom is -0.489 e. The molecule has 176 valence electrons. The predicted molar refractivity (Wildman–Crippen MR) is 126 cm³/mol. The summed E-state index contributed by atoms with van der Waals surface area (Å²) in [7, 11) is 0. The molecule has 0 aliphatic heterocycles. The van der Waals surface area contributed by atoms with E-state index >= 15 is 0 Å². The number of amides is 2. The standard InChI is InChI=1S/C27H28N2O5/c30-24-15-20-8-4-5-9-23(20)26(24)28-27(32)21(16-25(31)29-33)14-18-10-12-22(13-11-18)34-17-19-6-2-1-3-7-19/h1-13,21,24,26,30,33H,14-17H2,(H,28,32)(H,29,31)/t21-,24-,26+/m1/s1. The van der Waals surface area contributed by atoms with Crippen LogP contribution in [0, 0.1) is 5.92 Å². The predicted octanol–water partition coefficient (Wildman–Crippen LogP) is 3.09. The molecule has 0 fully saturated rings. The Morgan fingerprint density at radius 2 is 1.65 bits per heavy atom. The highest BCUT2D eigenvalue weighted by Gasteiger charge is 2.34. The Hall–Kier alpha value is -3.68. The third-order valence-corrected chi connectivity index (χ3v) is 6.08. The van der Waals surface area contributed by atoms with Gasteiger partial charge in [-0.1, -0.05) is 66.7 Å². The van der Waals surface area contributed by atoms with Crippen molar-refractivity contribution >= 4 is 11.8 Å². The first-order valence-corrected chi connectivity index (χ1v) is 11.3. The smallest absolute Gasteiger partial charge is 0.244 e. The molecule has 0 saturated carbocycles. The molecule has 7 nitrogen and oxygen atoms in total. The van der Waals surface area contributed by atoms with Gasteiger partial charge in [-0.3, -0.25) is 14.8 Å². The van der Waals surface area contributed by atoms with E-state index in [2.05, 4.69) is 5.32 Å². The van der Waals surface area contributed by atoms with Crippen molar-refractivity contribution in [2.24, 2.45) is 5.92 Å². The number of hydrogen-bond donors (Lipinski definition) is 4. The lowest BCUT2D eigenvalue weighted by Crippen LogP contribution is -2.40. The van der Waals surface area contributed by atoms with Crippen molar-refractivity contribution in [3.8, 4) is 5.75 Å². The fourth-order valence-corrected chi connectivity index (χ4v) is 4.29. The van der Waals surface area contributed by atoms with Crippen molar-refractivity contribution in [2.45, 2.75) is 38.0 Å². The van der Waals surface area contributed by atoms with Gasteiger partial charge in [-0.15, -0.1) is 0 Å². The van der Waals surface area contributed by atoms with Gasteiger partial charge < -0.3 is 15.2 Å². The first-order chi connectivity index (χ1) is 16.5. The Balaban J connectivity index is 1.41. The molecule has 3 atom stereocenters. The highest BCUT2D eigenvalue weighted by atomic mass is 16.5. The van der Waals surface area contributed by atoms with Crippen molar-refractivity contribution in [3.05, 3.63) is 101 Å². The molecule has 1 aliphatic carbocycles. The maximum Gasteiger partial charge on any atom is 0.244 e. The Bertz CT molecular complexity index is 1120. The zero-order valence-corrected chi connectivity index (χ0v) is 18.7. The van der Waals surface area contributed by atoms with Gasteiger partial charge in [0, 0.05) is 12.8 Å². The normalized spacial score (nSPS) is 17.5. The Morgan fingerprint density at radius 1 is 0.941 bits per heavy atom. The summed E-state index contributed by atoms with van der Waals surface area (Å²) in [5, 5.41) is 22.4. The second-order valence-corrected chi connectivity index (χ2v) is 8.51. The number of carbonyl (C=O) groups excluding carboxylic acids is 2. The summed E-state index contributed by atoms with van der Waals surface area (Å²) in [6.07, 6.45) is -0.149. The lowest BCUT2D eigenvalue weighted by atomic mass is 9.94. The molecule has 2 amide bonds. The molecule has 1 aliphatic rings. The molecule has 4 rings (SSSR count). The first kappa shape index (κ1) is 23.5. The molecule has 0 radical (unpaired) electrons. The summed E-state index contributed by atoms with van der Waals surface area (Å²) in [6.45, 7) is 0.451. The molecular formula is C27H28N2O5. The molecule has 3 aromatic rings. The van der Waals surface area contributed by atoms with E-state index in [0.29, 0.717) is 25.2 Å². The molecule has 0 bridgehead atoms. The monoisotopic (exact) mass is 460 g/mol. The van der Waals surface area contributed by atoms with Gasteiger partial charge in [0.15, 0.2) is 0 Å². The topological polar surface area (TPSA) is 108 Å². The quantitative estimate of drug-likeness (QED) is 0.290. The number of benzene rings is 3. The Morgan fingerprint density at radius 3 is 2.38 bits per heavy atom. The van der Waals surface area contributed by atoms with E-state index in [4.69, 9.17) is 9.94 Å². The van der Waals surface area contributed by atoms with Crippen molar-refractivity contribution in [3.63, 3.8) is 0 Å². The fourth-order valence-electron chi connectivity index (χ4n) is 4.29. The average molecular weight is 461 g/mol. The SMILES string of the molecule is O=C(C[C@@H](Cc1ccc(OCc2ccccc2)cc1)C(=O)N[C@H]1c2ccccc2C[C@H]1O)NO. The van der Waals surface area contributed by atoms with Crippen LogP contribution in [0.3, 0.4) is 0 Å². The average Bonchev–Trinajstić information content (AvgIpc) is 3.18. The van der Waals surface area contributed by atoms with Crippen LogP contribution in [0.2, 0.25) is 0 Å². The zero-order valence-electron chi connectivity index (χ0n) is 18.7. The van der Waals surface area contributed by atoms with Crippen LogP contribution in [-0.4, -0.2) is 28.2 Å². The van der Waals surface area contributed by atoms with Gasteiger partial charge in [0.05, 0.1) is 18.1 Å². The summed E-state index contributed by atoms with van der Waals surface area (Å²) >= 11 is 0. The van der Waals surface area contributed by atoms with Crippen molar-refractivity contribution in [2.75, 3.05) is 0 Å². The lowest BCUT2D eigenvalue weighted by molar-refractivity contribution is -0.135. The molecule has 3 aromatic carbocycles. The Kier molecular flexibility index (Phi) is 7.57. The second kappa shape index (κ2) is 11.0. The van der Waals surface area contributed by atoms with Gasteiger partial charge in [-0.2, -0.15) is 0 Å². The summed E-state index contributed by atoms with van der Waals surface area (Å²) in [6, 6.07) is 24.3. The molecule has 0 saturated heterocycles. The number of carbonyl (C=O) groups is 2. The van der Waals surface area contributed by atoms with Crippen LogP contribution >= 0.6 is 0 Å². The number of hydrogen-bond acceptors (Lipinski definition) is 5. The molecule has 0 unspecified atom stereocenters.